The molecule has 0 aliphatic rings. The zero-order valence-corrected chi connectivity index (χ0v) is 8.60. The van der Waals surface area contributed by atoms with Crippen molar-refractivity contribution in [2.24, 2.45) is 5.16 Å². The Labute approximate surface area is 91.3 Å². The molecule has 2 N–H and O–H groups in total. The van der Waals surface area contributed by atoms with Gasteiger partial charge in [0.1, 0.15) is 0 Å². The molecule has 0 bridgehead atoms. The number of nitrogens with one attached hydrogen (secondary N) is 1. The van der Waals surface area contributed by atoms with Crippen LogP contribution < -0.4 is 0 Å². The van der Waals surface area contributed by atoms with Crippen LogP contribution in [0.15, 0.2) is 29.6 Å². The van der Waals surface area contributed by atoms with Gasteiger partial charge >= 0.3 is 5.97 Å². The van der Waals surface area contributed by atoms with E-state index in [4.69, 9.17) is 5.21 Å². The molecular formula is C11H10N2O3. The largest absolute Gasteiger partial charge is 0.465 e. The Bertz CT molecular complexity index is 557. The third-order valence-corrected chi connectivity index (χ3v) is 2.34. The Morgan fingerprint density at radius 2 is 2.38 bits per heavy atom. The lowest BCUT2D eigenvalue weighted by Gasteiger charge is -2.01. The molecule has 1 aromatic heterocycles. The molecule has 0 aliphatic carbocycles. The van der Waals surface area contributed by atoms with Gasteiger partial charge in [0, 0.05) is 22.7 Å². The summed E-state index contributed by atoms with van der Waals surface area (Å²) in [5, 5.41) is 12.2. The summed E-state index contributed by atoms with van der Waals surface area (Å²) in [6.07, 6.45) is 2.93. The summed E-state index contributed by atoms with van der Waals surface area (Å²) in [7, 11) is 1.33. The number of hydrogen-bond donors (Lipinski definition) is 2. The molecule has 1 aromatic carbocycles. The molecule has 0 radical (unpaired) electrons. The number of methoxy groups -OCH3 is 1. The maximum absolute atomic E-state index is 11.5. The summed E-state index contributed by atoms with van der Waals surface area (Å²) < 4.78 is 4.69. The predicted molar refractivity (Wildman–Crippen MR) is 59.0 cm³/mol. The molecular weight excluding hydrogens is 208 g/mol. The van der Waals surface area contributed by atoms with Crippen molar-refractivity contribution in [3.05, 3.63) is 35.5 Å². The highest BCUT2D eigenvalue weighted by molar-refractivity contribution is 6.10. The molecule has 0 saturated heterocycles. The molecule has 0 amide bonds. The van der Waals surface area contributed by atoms with Gasteiger partial charge in [-0.25, -0.2) is 4.79 Å². The highest BCUT2D eigenvalue weighted by Gasteiger charge is 2.13. The summed E-state index contributed by atoms with van der Waals surface area (Å²) in [4.78, 5) is 14.5. The quantitative estimate of drug-likeness (QED) is 0.349. The highest BCUT2D eigenvalue weighted by atomic mass is 16.5. The summed E-state index contributed by atoms with van der Waals surface area (Å²) >= 11 is 0. The zero-order chi connectivity index (χ0) is 11.5. The van der Waals surface area contributed by atoms with Gasteiger partial charge in [0.15, 0.2) is 0 Å². The van der Waals surface area contributed by atoms with Gasteiger partial charge in [-0.05, 0) is 12.1 Å². The molecule has 2 aromatic rings. The van der Waals surface area contributed by atoms with E-state index in [1.807, 2.05) is 6.07 Å². The molecule has 1 heterocycles. The Balaban J connectivity index is 2.72. The van der Waals surface area contributed by atoms with Gasteiger partial charge in [0.05, 0.1) is 18.9 Å². The van der Waals surface area contributed by atoms with Crippen LogP contribution in [0.2, 0.25) is 0 Å². The van der Waals surface area contributed by atoms with Gasteiger partial charge in [-0.15, -0.1) is 0 Å². The van der Waals surface area contributed by atoms with Crippen molar-refractivity contribution in [2.45, 2.75) is 0 Å². The third-order valence-electron chi connectivity index (χ3n) is 2.34. The van der Waals surface area contributed by atoms with Crippen molar-refractivity contribution < 1.29 is 14.7 Å². The number of oxime groups is 1. The predicted octanol–water partition coefficient (Wildman–Crippen LogP) is 1.76. The topological polar surface area (TPSA) is 74.7 Å². The minimum absolute atomic E-state index is 0.419. The van der Waals surface area contributed by atoms with E-state index in [0.29, 0.717) is 16.5 Å². The van der Waals surface area contributed by atoms with Crippen LogP contribution in [0.1, 0.15) is 15.9 Å². The number of carbonyl (C=O) groups excluding carboxylic acids is 1. The third kappa shape index (κ3) is 1.52. The van der Waals surface area contributed by atoms with Crippen LogP contribution in [0.5, 0.6) is 0 Å². The van der Waals surface area contributed by atoms with Crippen molar-refractivity contribution >= 4 is 23.1 Å². The minimum Gasteiger partial charge on any atom is -0.465 e. The van der Waals surface area contributed by atoms with E-state index in [9.17, 15) is 4.79 Å². The molecule has 0 unspecified atom stereocenters. The van der Waals surface area contributed by atoms with Gasteiger partial charge in [-0.1, -0.05) is 11.2 Å². The standard InChI is InChI=1S/C11H10N2O3/c1-16-11(14)8-3-2-4-9-10(8)7(5-12-9)6-13-15/h2-6,12,15H,1H3/b13-6-. The van der Waals surface area contributed by atoms with Crippen LogP contribution in [0.3, 0.4) is 0 Å². The lowest BCUT2D eigenvalue weighted by molar-refractivity contribution is 0.0603. The zero-order valence-electron chi connectivity index (χ0n) is 8.60. The lowest BCUT2D eigenvalue weighted by atomic mass is 10.1. The second-order valence-electron chi connectivity index (χ2n) is 3.21. The number of H-pyrrole nitrogens is 1. The first-order chi connectivity index (χ1) is 7.77. The summed E-state index contributed by atoms with van der Waals surface area (Å²) in [6, 6.07) is 5.25. The number of carbonyl (C=O) groups is 1. The van der Waals surface area contributed by atoms with Crippen molar-refractivity contribution in [3.63, 3.8) is 0 Å². The average Bonchev–Trinajstić information content (AvgIpc) is 2.72. The van der Waals surface area contributed by atoms with Crippen molar-refractivity contribution in [3.8, 4) is 0 Å². The van der Waals surface area contributed by atoms with Crippen molar-refractivity contribution in [2.75, 3.05) is 7.11 Å². The van der Waals surface area contributed by atoms with Crippen LogP contribution >= 0.6 is 0 Å². The van der Waals surface area contributed by atoms with Crippen LogP contribution in [-0.4, -0.2) is 29.5 Å². The van der Waals surface area contributed by atoms with E-state index in [1.54, 1.807) is 18.3 Å². The number of benzene rings is 1. The fourth-order valence-corrected chi connectivity index (χ4v) is 1.66. The van der Waals surface area contributed by atoms with E-state index in [-0.39, 0.29) is 0 Å². The summed E-state index contributed by atoms with van der Waals surface area (Å²) in [5.74, 6) is -0.419. The summed E-state index contributed by atoms with van der Waals surface area (Å²) in [6.45, 7) is 0. The number of rotatable bonds is 2. The fourth-order valence-electron chi connectivity index (χ4n) is 1.66. The first-order valence-corrected chi connectivity index (χ1v) is 4.63. The van der Waals surface area contributed by atoms with Gasteiger partial charge in [0.2, 0.25) is 0 Å². The van der Waals surface area contributed by atoms with E-state index < -0.39 is 5.97 Å². The Kier molecular flexibility index (Phi) is 2.59. The van der Waals surface area contributed by atoms with Gasteiger partial charge in [-0.3, -0.25) is 0 Å². The number of nitrogens with zero attached hydrogens (tertiary/aromatic N) is 1. The molecule has 5 nitrogen and oxygen atoms in total. The van der Waals surface area contributed by atoms with Crippen LogP contribution in [-0.2, 0) is 4.74 Å². The second-order valence-corrected chi connectivity index (χ2v) is 3.21. The smallest absolute Gasteiger partial charge is 0.338 e. The summed E-state index contributed by atoms with van der Waals surface area (Å²) in [5.41, 5.74) is 1.87. The number of esters is 1. The van der Waals surface area contributed by atoms with Crippen LogP contribution in [0.4, 0.5) is 0 Å². The average molecular weight is 218 g/mol. The van der Waals surface area contributed by atoms with E-state index in [1.165, 1.54) is 13.3 Å². The SMILES string of the molecule is COC(=O)c1cccc2[nH]cc(/C=N\O)c12. The number of aromatic amines is 1. The Morgan fingerprint density at radius 3 is 3.06 bits per heavy atom. The Morgan fingerprint density at radius 1 is 1.56 bits per heavy atom. The number of fused-ring (bicyclic) bond motifs is 1. The number of hydrogen-bond acceptors (Lipinski definition) is 4. The molecule has 0 atom stereocenters. The molecule has 2 rings (SSSR count). The molecule has 16 heavy (non-hydrogen) atoms. The normalized spacial score (nSPS) is 11.1. The maximum atomic E-state index is 11.5. The maximum Gasteiger partial charge on any atom is 0.338 e. The van der Waals surface area contributed by atoms with Gasteiger partial charge < -0.3 is 14.9 Å². The molecule has 0 fully saturated rings. The Hall–Kier alpha value is -2.30. The van der Waals surface area contributed by atoms with E-state index >= 15 is 0 Å². The van der Waals surface area contributed by atoms with Crippen molar-refractivity contribution in [1.82, 2.24) is 4.98 Å². The van der Waals surface area contributed by atoms with Crippen molar-refractivity contribution in [1.29, 1.82) is 0 Å². The first kappa shape index (κ1) is 10.2. The first-order valence-electron chi connectivity index (χ1n) is 4.63. The molecule has 0 spiro atoms. The van der Waals surface area contributed by atoms with Gasteiger partial charge in [0.25, 0.3) is 0 Å². The molecule has 0 saturated carbocycles. The second kappa shape index (κ2) is 4.06. The molecule has 5 heteroatoms. The van der Waals surface area contributed by atoms with E-state index in [2.05, 4.69) is 14.9 Å². The minimum atomic E-state index is -0.419. The molecule has 0 aliphatic heterocycles. The lowest BCUT2D eigenvalue weighted by Crippen LogP contribution is -2.02. The fraction of sp³-hybridized carbons (Fsp3) is 0.0909. The number of ether oxygens (including phenoxy) is 1. The van der Waals surface area contributed by atoms with Gasteiger partial charge in [-0.2, -0.15) is 0 Å². The molecule has 82 valence electrons. The highest BCUT2D eigenvalue weighted by Crippen LogP contribution is 2.22. The van der Waals surface area contributed by atoms with Crippen LogP contribution in [0, 0.1) is 0 Å². The van der Waals surface area contributed by atoms with Crippen LogP contribution in [0.25, 0.3) is 10.9 Å². The monoisotopic (exact) mass is 218 g/mol. The number of aromatic nitrogens is 1. The van der Waals surface area contributed by atoms with E-state index in [0.717, 1.165) is 5.52 Å².